The van der Waals surface area contributed by atoms with Crippen LogP contribution in [-0.4, -0.2) is 49.5 Å². The van der Waals surface area contributed by atoms with Crippen molar-refractivity contribution in [3.8, 4) is 5.75 Å². The monoisotopic (exact) mass is 316 g/mol. The number of piperazine rings is 1. The molecule has 0 spiro atoms. The van der Waals surface area contributed by atoms with E-state index < -0.39 is 0 Å². The predicted octanol–water partition coefficient (Wildman–Crippen LogP) is 2.89. The summed E-state index contributed by atoms with van der Waals surface area (Å²) in [5, 5.41) is 3.87. The van der Waals surface area contributed by atoms with Crippen LogP contribution >= 0.6 is 11.3 Å². The van der Waals surface area contributed by atoms with Gasteiger partial charge in [-0.2, -0.15) is 11.3 Å². The highest BCUT2D eigenvalue weighted by Crippen LogP contribution is 2.26. The van der Waals surface area contributed by atoms with Crippen LogP contribution in [0.25, 0.3) is 0 Å². The lowest BCUT2D eigenvalue weighted by Crippen LogP contribution is -2.48. The van der Waals surface area contributed by atoms with Gasteiger partial charge >= 0.3 is 0 Å². The molecule has 1 aromatic heterocycles. The fourth-order valence-electron chi connectivity index (χ4n) is 2.81. The summed E-state index contributed by atoms with van der Waals surface area (Å²) >= 11 is 1.56. The molecule has 0 bridgehead atoms. The van der Waals surface area contributed by atoms with Crippen molar-refractivity contribution in [1.82, 2.24) is 9.80 Å². The molecule has 3 rings (SSSR count). The van der Waals surface area contributed by atoms with Crippen molar-refractivity contribution >= 4 is 17.2 Å². The Morgan fingerprint density at radius 3 is 2.64 bits per heavy atom. The van der Waals surface area contributed by atoms with Crippen LogP contribution in [0.2, 0.25) is 0 Å². The van der Waals surface area contributed by atoms with E-state index >= 15 is 0 Å². The fraction of sp³-hybridized carbons (Fsp3) is 0.353. The Morgan fingerprint density at radius 2 is 2.00 bits per heavy atom. The number of thiophene rings is 1. The Hall–Kier alpha value is -1.85. The van der Waals surface area contributed by atoms with Crippen LogP contribution < -0.4 is 4.74 Å². The Bertz CT molecular complexity index is 625. The average Bonchev–Trinajstić information content (AvgIpc) is 3.09. The summed E-state index contributed by atoms with van der Waals surface area (Å²) in [7, 11) is 3.78. The summed E-state index contributed by atoms with van der Waals surface area (Å²) in [5.74, 6) is 0.987. The molecule has 0 saturated carbocycles. The molecule has 4 nitrogen and oxygen atoms in total. The summed E-state index contributed by atoms with van der Waals surface area (Å²) in [6.45, 7) is 2.38. The van der Waals surface area contributed by atoms with E-state index in [4.69, 9.17) is 4.74 Å². The van der Waals surface area contributed by atoms with Crippen LogP contribution in [0, 0.1) is 0 Å². The molecule has 0 unspecified atom stereocenters. The van der Waals surface area contributed by atoms with Gasteiger partial charge in [0.25, 0.3) is 5.91 Å². The number of rotatable bonds is 3. The molecule has 1 amide bonds. The smallest absolute Gasteiger partial charge is 0.254 e. The fourth-order valence-corrected chi connectivity index (χ4v) is 3.44. The van der Waals surface area contributed by atoms with E-state index in [-0.39, 0.29) is 11.9 Å². The van der Waals surface area contributed by atoms with Crippen LogP contribution in [0.4, 0.5) is 0 Å². The molecule has 0 N–H and O–H groups in total. The minimum atomic E-state index is 0.132. The van der Waals surface area contributed by atoms with E-state index in [2.05, 4.69) is 24.1 Å². The number of methoxy groups -OCH3 is 1. The zero-order valence-electron chi connectivity index (χ0n) is 12.9. The highest BCUT2D eigenvalue weighted by Gasteiger charge is 2.29. The minimum Gasteiger partial charge on any atom is -0.497 e. The third-order valence-corrected chi connectivity index (χ3v) is 4.89. The van der Waals surface area contributed by atoms with Gasteiger partial charge < -0.3 is 9.64 Å². The maximum absolute atomic E-state index is 12.5. The SMILES string of the molecule is COc1ccc([C@H]2CN(C(=O)c3ccsc3)CCN2C)cc1. The van der Waals surface area contributed by atoms with E-state index in [1.807, 2.05) is 33.9 Å². The lowest BCUT2D eigenvalue weighted by molar-refractivity contribution is 0.0546. The number of carbonyl (C=O) groups is 1. The highest BCUT2D eigenvalue weighted by molar-refractivity contribution is 7.08. The van der Waals surface area contributed by atoms with E-state index in [9.17, 15) is 4.79 Å². The van der Waals surface area contributed by atoms with Crippen LogP contribution in [0.5, 0.6) is 5.75 Å². The second kappa shape index (κ2) is 6.50. The number of ether oxygens (including phenoxy) is 1. The Balaban J connectivity index is 1.77. The number of carbonyl (C=O) groups excluding carboxylic acids is 1. The molecule has 116 valence electrons. The van der Waals surface area contributed by atoms with Gasteiger partial charge in [0.2, 0.25) is 0 Å². The molecule has 1 fully saturated rings. The van der Waals surface area contributed by atoms with Gasteiger partial charge in [-0.3, -0.25) is 9.69 Å². The summed E-state index contributed by atoms with van der Waals surface area (Å²) in [6, 6.07) is 10.2. The zero-order chi connectivity index (χ0) is 15.5. The highest BCUT2D eigenvalue weighted by atomic mass is 32.1. The molecule has 2 heterocycles. The topological polar surface area (TPSA) is 32.8 Å². The van der Waals surface area contributed by atoms with Gasteiger partial charge in [-0.05, 0) is 36.2 Å². The normalized spacial score (nSPS) is 19.2. The Kier molecular flexibility index (Phi) is 4.45. The first-order valence-electron chi connectivity index (χ1n) is 7.34. The molecule has 1 aliphatic rings. The molecular weight excluding hydrogens is 296 g/mol. The number of hydrogen-bond acceptors (Lipinski definition) is 4. The van der Waals surface area contributed by atoms with Crippen molar-refractivity contribution in [3.05, 3.63) is 52.2 Å². The standard InChI is InChI=1S/C17H20N2O2S/c1-18-8-9-19(17(20)14-7-10-22-12-14)11-16(18)13-3-5-15(21-2)6-4-13/h3-7,10,12,16H,8-9,11H2,1-2H3/t16-/m1/s1. The molecule has 1 aromatic carbocycles. The summed E-state index contributed by atoms with van der Waals surface area (Å²) in [4.78, 5) is 16.8. The number of benzene rings is 1. The Morgan fingerprint density at radius 1 is 1.23 bits per heavy atom. The van der Waals surface area contributed by atoms with Gasteiger partial charge in [0, 0.05) is 25.0 Å². The molecule has 5 heteroatoms. The van der Waals surface area contributed by atoms with Crippen LogP contribution in [0.3, 0.4) is 0 Å². The Labute approximate surface area is 134 Å². The second-order valence-electron chi connectivity index (χ2n) is 5.53. The van der Waals surface area contributed by atoms with Crippen LogP contribution in [0.15, 0.2) is 41.1 Å². The van der Waals surface area contributed by atoms with Crippen molar-refractivity contribution in [2.75, 3.05) is 33.8 Å². The first-order valence-corrected chi connectivity index (χ1v) is 8.29. The van der Waals surface area contributed by atoms with Crippen molar-refractivity contribution in [1.29, 1.82) is 0 Å². The van der Waals surface area contributed by atoms with Gasteiger partial charge in [-0.15, -0.1) is 0 Å². The van der Waals surface area contributed by atoms with E-state index in [0.29, 0.717) is 0 Å². The largest absolute Gasteiger partial charge is 0.497 e. The third kappa shape index (κ3) is 3.00. The van der Waals surface area contributed by atoms with E-state index in [1.54, 1.807) is 18.4 Å². The van der Waals surface area contributed by atoms with Crippen molar-refractivity contribution in [2.24, 2.45) is 0 Å². The van der Waals surface area contributed by atoms with Crippen molar-refractivity contribution in [3.63, 3.8) is 0 Å². The number of amides is 1. The lowest BCUT2D eigenvalue weighted by atomic mass is 10.0. The summed E-state index contributed by atoms with van der Waals surface area (Å²) in [5.41, 5.74) is 2.01. The quantitative estimate of drug-likeness (QED) is 0.873. The zero-order valence-corrected chi connectivity index (χ0v) is 13.7. The van der Waals surface area contributed by atoms with E-state index in [1.165, 1.54) is 5.56 Å². The number of hydrogen-bond donors (Lipinski definition) is 0. The molecule has 2 aromatic rings. The summed E-state index contributed by atoms with van der Waals surface area (Å²) < 4.78 is 5.21. The van der Waals surface area contributed by atoms with Crippen molar-refractivity contribution in [2.45, 2.75) is 6.04 Å². The van der Waals surface area contributed by atoms with E-state index in [0.717, 1.165) is 30.9 Å². The van der Waals surface area contributed by atoms with Gasteiger partial charge in [-0.25, -0.2) is 0 Å². The molecule has 22 heavy (non-hydrogen) atoms. The number of nitrogens with zero attached hydrogens (tertiary/aromatic N) is 2. The maximum Gasteiger partial charge on any atom is 0.254 e. The lowest BCUT2D eigenvalue weighted by Gasteiger charge is -2.39. The van der Waals surface area contributed by atoms with Gasteiger partial charge in [-0.1, -0.05) is 12.1 Å². The van der Waals surface area contributed by atoms with Gasteiger partial charge in [0.15, 0.2) is 0 Å². The first-order chi connectivity index (χ1) is 10.7. The minimum absolute atomic E-state index is 0.132. The predicted molar refractivity (Wildman–Crippen MR) is 88.6 cm³/mol. The average molecular weight is 316 g/mol. The van der Waals surface area contributed by atoms with Gasteiger partial charge in [0.05, 0.1) is 18.7 Å². The molecule has 0 radical (unpaired) electrons. The van der Waals surface area contributed by atoms with Gasteiger partial charge in [0.1, 0.15) is 5.75 Å². The third-order valence-electron chi connectivity index (χ3n) is 4.20. The molecular formula is C17H20N2O2S. The maximum atomic E-state index is 12.5. The molecule has 1 aliphatic heterocycles. The molecule has 0 aliphatic carbocycles. The second-order valence-corrected chi connectivity index (χ2v) is 6.31. The van der Waals surface area contributed by atoms with Crippen LogP contribution in [-0.2, 0) is 0 Å². The first kappa shape index (κ1) is 15.1. The number of likely N-dealkylation sites (N-methyl/N-ethyl adjacent to an activating group) is 1. The summed E-state index contributed by atoms with van der Waals surface area (Å²) in [6.07, 6.45) is 0. The molecule has 1 atom stereocenters. The van der Waals surface area contributed by atoms with Crippen molar-refractivity contribution < 1.29 is 9.53 Å². The molecule has 1 saturated heterocycles. The van der Waals surface area contributed by atoms with Crippen LogP contribution in [0.1, 0.15) is 22.0 Å².